The first-order chi connectivity index (χ1) is 12.6. The van der Waals surface area contributed by atoms with Gasteiger partial charge in [-0.1, -0.05) is 37.6 Å². The van der Waals surface area contributed by atoms with E-state index in [0.29, 0.717) is 19.6 Å². The maximum Gasteiger partial charge on any atom is 0.326 e. The highest BCUT2D eigenvalue weighted by Gasteiger charge is 2.28. The zero-order valence-corrected chi connectivity index (χ0v) is 15.1. The quantitative estimate of drug-likeness (QED) is 0.799. The van der Waals surface area contributed by atoms with Crippen LogP contribution in [0, 0.1) is 0 Å². The van der Waals surface area contributed by atoms with Gasteiger partial charge in [-0.25, -0.2) is 0 Å². The number of hydrogen-bond acceptors (Lipinski definition) is 6. The molecule has 0 aliphatic carbocycles. The van der Waals surface area contributed by atoms with Crippen molar-refractivity contribution in [3.05, 3.63) is 42.0 Å². The van der Waals surface area contributed by atoms with Crippen molar-refractivity contribution >= 4 is 16.7 Å². The Labute approximate surface area is 153 Å². The molecule has 1 saturated heterocycles. The van der Waals surface area contributed by atoms with Crippen molar-refractivity contribution in [3.63, 3.8) is 0 Å². The van der Waals surface area contributed by atoms with Crippen LogP contribution in [0.2, 0.25) is 0 Å². The summed E-state index contributed by atoms with van der Waals surface area (Å²) in [7, 11) is 1.65. The van der Waals surface area contributed by atoms with Crippen LogP contribution in [0.3, 0.4) is 0 Å². The number of esters is 1. The molecular formula is C20H25NO5. The minimum absolute atomic E-state index is 0.0614. The van der Waals surface area contributed by atoms with Gasteiger partial charge in [0.25, 0.3) is 0 Å². The Balaban J connectivity index is 1.65. The van der Waals surface area contributed by atoms with Crippen molar-refractivity contribution in [1.29, 1.82) is 0 Å². The number of benzene rings is 2. The maximum absolute atomic E-state index is 11.9. The molecule has 2 N–H and O–H groups in total. The molecular weight excluding hydrogens is 334 g/mol. The van der Waals surface area contributed by atoms with E-state index in [9.17, 15) is 4.79 Å². The topological polar surface area (TPSA) is 80.0 Å². The van der Waals surface area contributed by atoms with Crippen LogP contribution in [0.5, 0.6) is 5.75 Å². The summed E-state index contributed by atoms with van der Waals surface area (Å²) in [5.74, 6) is 0.389. The average molecular weight is 359 g/mol. The third-order valence-electron chi connectivity index (χ3n) is 4.54. The van der Waals surface area contributed by atoms with Gasteiger partial charge >= 0.3 is 12.4 Å². The number of carbonyl (C=O) groups excluding carboxylic acids is 1. The van der Waals surface area contributed by atoms with Gasteiger partial charge in [-0.3, -0.25) is 4.79 Å². The van der Waals surface area contributed by atoms with E-state index in [2.05, 4.69) is 6.07 Å². The Morgan fingerprint density at radius 2 is 2.04 bits per heavy atom. The van der Waals surface area contributed by atoms with Crippen molar-refractivity contribution in [1.82, 2.24) is 0 Å². The zero-order chi connectivity index (χ0) is 18.5. The smallest absolute Gasteiger partial charge is 0.326 e. The summed E-state index contributed by atoms with van der Waals surface area (Å²) in [6, 6.07) is 11.5. The molecule has 1 aliphatic rings. The van der Waals surface area contributed by atoms with Gasteiger partial charge in [0.05, 0.1) is 20.3 Å². The first-order valence-electron chi connectivity index (χ1n) is 8.88. The fraction of sp³-hybridized carbons (Fsp3) is 0.450. The molecule has 1 fully saturated rings. The number of ether oxygens (including phenoxy) is 4. The number of carbonyl (C=O) groups is 1. The molecule has 140 valence electrons. The predicted octanol–water partition coefficient (Wildman–Crippen LogP) is 2.93. The molecule has 0 bridgehead atoms. The number of fused-ring (bicyclic) bond motifs is 1. The molecule has 6 nitrogen and oxygen atoms in total. The molecule has 0 radical (unpaired) electrons. The highest BCUT2D eigenvalue weighted by atomic mass is 16.9. The number of hydrogen-bond donors (Lipinski definition) is 1. The van der Waals surface area contributed by atoms with Crippen LogP contribution < -0.4 is 10.5 Å². The lowest BCUT2D eigenvalue weighted by Crippen LogP contribution is -2.39. The number of rotatable bonds is 6. The number of methoxy groups -OCH3 is 1. The molecule has 1 unspecified atom stereocenters. The van der Waals surface area contributed by atoms with Crippen molar-refractivity contribution < 1.29 is 23.7 Å². The molecule has 26 heavy (non-hydrogen) atoms. The van der Waals surface area contributed by atoms with Gasteiger partial charge in [0.2, 0.25) is 0 Å². The Morgan fingerprint density at radius 3 is 2.73 bits per heavy atom. The van der Waals surface area contributed by atoms with Gasteiger partial charge < -0.3 is 24.7 Å². The van der Waals surface area contributed by atoms with E-state index in [0.717, 1.165) is 28.5 Å². The van der Waals surface area contributed by atoms with Gasteiger partial charge in [-0.2, -0.15) is 0 Å². The first-order valence-corrected chi connectivity index (χ1v) is 8.88. The monoisotopic (exact) mass is 359 g/mol. The van der Waals surface area contributed by atoms with Crippen LogP contribution in [0.4, 0.5) is 0 Å². The second kappa shape index (κ2) is 8.49. The van der Waals surface area contributed by atoms with Gasteiger partial charge in [0.15, 0.2) is 0 Å². The van der Waals surface area contributed by atoms with Gasteiger partial charge in [0, 0.05) is 5.92 Å². The highest BCUT2D eigenvalue weighted by molar-refractivity contribution is 5.87. The molecule has 2 aromatic carbocycles. The van der Waals surface area contributed by atoms with E-state index >= 15 is 0 Å². The van der Waals surface area contributed by atoms with Gasteiger partial charge in [-0.05, 0) is 34.9 Å². The van der Waals surface area contributed by atoms with Crippen molar-refractivity contribution in [2.24, 2.45) is 5.73 Å². The van der Waals surface area contributed by atoms with Crippen LogP contribution in [0.15, 0.2) is 36.4 Å². The van der Waals surface area contributed by atoms with E-state index in [1.807, 2.05) is 37.3 Å². The van der Waals surface area contributed by atoms with E-state index in [1.54, 1.807) is 7.11 Å². The lowest BCUT2D eigenvalue weighted by molar-refractivity contribution is -0.301. The SMILES string of the molecule is CCCC(N)C(=O)OC1OCC(c2cccc3cc(OC)ccc23)CO1. The Kier molecular flexibility index (Phi) is 6.08. The van der Waals surface area contributed by atoms with Crippen LogP contribution in [-0.4, -0.2) is 38.8 Å². The molecule has 2 aromatic rings. The Hall–Kier alpha value is -2.15. The minimum atomic E-state index is -0.989. The van der Waals surface area contributed by atoms with Crippen LogP contribution >= 0.6 is 0 Å². The molecule has 0 amide bonds. The third kappa shape index (κ3) is 4.15. The van der Waals surface area contributed by atoms with Crippen LogP contribution in [0.25, 0.3) is 10.8 Å². The van der Waals surface area contributed by atoms with Crippen molar-refractivity contribution in [2.75, 3.05) is 20.3 Å². The lowest BCUT2D eigenvalue weighted by Gasteiger charge is -2.30. The van der Waals surface area contributed by atoms with Crippen molar-refractivity contribution in [2.45, 2.75) is 38.2 Å². The summed E-state index contributed by atoms with van der Waals surface area (Å²) in [6.07, 6.45) is 1.39. The standard InChI is InChI=1S/C20H25NO5/c1-3-5-18(21)19(22)26-20-24-11-14(12-25-20)16-7-4-6-13-10-15(23-2)8-9-17(13)16/h4,6-10,14,18,20H,3,5,11-12,21H2,1-2H3. The largest absolute Gasteiger partial charge is 0.497 e. The summed E-state index contributed by atoms with van der Waals surface area (Å²) >= 11 is 0. The Morgan fingerprint density at radius 1 is 1.27 bits per heavy atom. The first kappa shape index (κ1) is 18.6. The van der Waals surface area contributed by atoms with E-state index in [-0.39, 0.29) is 5.92 Å². The predicted molar refractivity (Wildman–Crippen MR) is 97.9 cm³/mol. The summed E-state index contributed by atoms with van der Waals surface area (Å²) in [5, 5.41) is 2.23. The number of nitrogens with two attached hydrogens (primary N) is 1. The third-order valence-corrected chi connectivity index (χ3v) is 4.54. The molecule has 1 aliphatic heterocycles. The summed E-state index contributed by atoms with van der Waals surface area (Å²) < 4.78 is 21.7. The average Bonchev–Trinajstić information content (AvgIpc) is 2.67. The van der Waals surface area contributed by atoms with Gasteiger partial charge in [0.1, 0.15) is 11.8 Å². The molecule has 0 saturated carbocycles. The summed E-state index contributed by atoms with van der Waals surface area (Å²) in [5.41, 5.74) is 6.89. The highest BCUT2D eigenvalue weighted by Crippen LogP contribution is 2.31. The fourth-order valence-corrected chi connectivity index (χ4v) is 3.11. The Bertz CT molecular complexity index is 755. The van der Waals surface area contributed by atoms with Gasteiger partial charge in [-0.15, -0.1) is 0 Å². The molecule has 0 aromatic heterocycles. The van der Waals surface area contributed by atoms with E-state index in [4.69, 9.17) is 24.7 Å². The molecule has 1 atom stereocenters. The zero-order valence-electron chi connectivity index (χ0n) is 15.1. The van der Waals surface area contributed by atoms with E-state index in [1.165, 1.54) is 0 Å². The maximum atomic E-state index is 11.9. The molecule has 6 heteroatoms. The minimum Gasteiger partial charge on any atom is -0.497 e. The van der Waals surface area contributed by atoms with Crippen molar-refractivity contribution in [3.8, 4) is 5.75 Å². The lowest BCUT2D eigenvalue weighted by atomic mass is 9.94. The molecule has 3 rings (SSSR count). The second-order valence-corrected chi connectivity index (χ2v) is 6.42. The van der Waals surface area contributed by atoms with Crippen LogP contribution in [0.1, 0.15) is 31.2 Å². The van der Waals surface area contributed by atoms with E-state index < -0.39 is 18.5 Å². The summed E-state index contributed by atoms with van der Waals surface area (Å²) in [6.45, 7) is 1.79. The molecule has 1 heterocycles. The molecule has 0 spiro atoms. The normalized spacial score (nSPS) is 21.3. The fourth-order valence-electron chi connectivity index (χ4n) is 3.11. The van der Waals surface area contributed by atoms with Crippen LogP contribution in [-0.2, 0) is 19.0 Å². The second-order valence-electron chi connectivity index (χ2n) is 6.42. The summed E-state index contributed by atoms with van der Waals surface area (Å²) in [4.78, 5) is 11.9.